The van der Waals surface area contributed by atoms with Crippen LogP contribution in [-0.4, -0.2) is 59.5 Å². The van der Waals surface area contributed by atoms with Crippen molar-refractivity contribution in [2.24, 2.45) is 12.0 Å². The van der Waals surface area contributed by atoms with Crippen LogP contribution in [0.2, 0.25) is 0 Å². The van der Waals surface area contributed by atoms with Gasteiger partial charge in [-0.2, -0.15) is 0 Å². The average Bonchev–Trinajstić information content (AvgIpc) is 3.11. The van der Waals surface area contributed by atoms with E-state index in [9.17, 15) is 4.79 Å². The average molecular weight is 319 g/mol. The fourth-order valence-electron chi connectivity index (χ4n) is 2.84. The summed E-state index contributed by atoms with van der Waals surface area (Å²) < 4.78 is 2.12. The number of aliphatic imine (C=N–C) groups is 1. The molecule has 1 saturated heterocycles. The summed E-state index contributed by atoms with van der Waals surface area (Å²) in [5, 5.41) is 3.34. The van der Waals surface area contributed by atoms with Crippen molar-refractivity contribution < 1.29 is 4.79 Å². The summed E-state index contributed by atoms with van der Waals surface area (Å²) in [6, 6.07) is 4.18. The van der Waals surface area contributed by atoms with Crippen molar-refractivity contribution in [1.29, 1.82) is 0 Å². The Morgan fingerprint density at radius 3 is 2.91 bits per heavy atom. The van der Waals surface area contributed by atoms with Gasteiger partial charge in [0, 0.05) is 58.6 Å². The minimum atomic E-state index is 0.293. The first-order chi connectivity index (χ1) is 11.1. The second kappa shape index (κ2) is 8.60. The molecule has 0 saturated carbocycles. The number of nitrogens with zero attached hydrogens (tertiary/aromatic N) is 4. The van der Waals surface area contributed by atoms with Gasteiger partial charge in [-0.3, -0.25) is 9.79 Å². The number of rotatable bonds is 7. The molecule has 6 heteroatoms. The summed E-state index contributed by atoms with van der Waals surface area (Å²) in [5.74, 6) is 1.21. The largest absolute Gasteiger partial charge is 0.357 e. The lowest BCUT2D eigenvalue weighted by Crippen LogP contribution is -2.39. The Morgan fingerprint density at radius 2 is 2.30 bits per heavy atom. The van der Waals surface area contributed by atoms with Crippen LogP contribution in [0, 0.1) is 0 Å². The van der Waals surface area contributed by atoms with E-state index >= 15 is 0 Å². The summed E-state index contributed by atoms with van der Waals surface area (Å²) >= 11 is 0. The summed E-state index contributed by atoms with van der Waals surface area (Å²) in [6.07, 6.45) is 4.69. The minimum Gasteiger partial charge on any atom is -0.357 e. The van der Waals surface area contributed by atoms with Crippen LogP contribution in [0.5, 0.6) is 0 Å². The summed E-state index contributed by atoms with van der Waals surface area (Å²) in [5.41, 5.74) is 1.25. The monoisotopic (exact) mass is 319 g/mol. The highest BCUT2D eigenvalue weighted by Gasteiger charge is 2.18. The van der Waals surface area contributed by atoms with Crippen LogP contribution in [0.15, 0.2) is 23.3 Å². The number of guanidine groups is 1. The number of carbonyl (C=O) groups excluding carboxylic acids is 1. The molecule has 1 aromatic heterocycles. The van der Waals surface area contributed by atoms with Gasteiger partial charge in [0.2, 0.25) is 5.91 Å². The van der Waals surface area contributed by atoms with Gasteiger partial charge in [0.15, 0.2) is 5.96 Å². The van der Waals surface area contributed by atoms with Crippen LogP contribution in [-0.2, 0) is 18.4 Å². The van der Waals surface area contributed by atoms with E-state index < -0.39 is 0 Å². The predicted molar refractivity (Wildman–Crippen MR) is 93.3 cm³/mol. The van der Waals surface area contributed by atoms with Gasteiger partial charge in [0.25, 0.3) is 0 Å². The Hall–Kier alpha value is -1.98. The molecule has 1 aromatic rings. The van der Waals surface area contributed by atoms with Crippen molar-refractivity contribution >= 4 is 11.9 Å². The number of aromatic nitrogens is 1. The van der Waals surface area contributed by atoms with Crippen LogP contribution >= 0.6 is 0 Å². The highest BCUT2D eigenvalue weighted by molar-refractivity contribution is 5.79. The Kier molecular flexibility index (Phi) is 6.50. The standard InChI is InChI=1S/C17H29N5O/c1-4-18-17(21(3)14-15-8-5-11-20(15)2)19-10-7-13-22-12-6-9-16(22)23/h5,8,11H,4,6-7,9-10,12-14H2,1-3H3,(H,18,19). The van der Waals surface area contributed by atoms with Crippen LogP contribution in [0.4, 0.5) is 0 Å². The molecule has 1 fully saturated rings. The van der Waals surface area contributed by atoms with Crippen molar-refractivity contribution in [3.63, 3.8) is 0 Å². The lowest BCUT2D eigenvalue weighted by Gasteiger charge is -2.22. The third-order valence-electron chi connectivity index (χ3n) is 4.17. The van der Waals surface area contributed by atoms with Crippen LogP contribution in [0.25, 0.3) is 0 Å². The van der Waals surface area contributed by atoms with E-state index in [0.717, 1.165) is 51.5 Å². The first-order valence-electron chi connectivity index (χ1n) is 8.49. The quantitative estimate of drug-likeness (QED) is 0.470. The van der Waals surface area contributed by atoms with Crippen LogP contribution in [0.1, 0.15) is 31.9 Å². The van der Waals surface area contributed by atoms with Crippen molar-refractivity contribution in [1.82, 2.24) is 19.7 Å². The van der Waals surface area contributed by atoms with E-state index in [0.29, 0.717) is 12.3 Å². The Morgan fingerprint density at radius 1 is 1.48 bits per heavy atom. The van der Waals surface area contributed by atoms with Crippen molar-refractivity contribution in [3.8, 4) is 0 Å². The SMILES string of the molecule is CCNC(=NCCCN1CCCC1=O)N(C)Cc1cccn1C. The second-order valence-corrected chi connectivity index (χ2v) is 6.04. The molecule has 0 spiro atoms. The number of likely N-dealkylation sites (tertiary alicyclic amines) is 1. The molecule has 0 aliphatic carbocycles. The molecule has 1 N–H and O–H groups in total. The van der Waals surface area contributed by atoms with Gasteiger partial charge >= 0.3 is 0 Å². The molecular weight excluding hydrogens is 290 g/mol. The molecular formula is C17H29N5O. The smallest absolute Gasteiger partial charge is 0.222 e. The van der Waals surface area contributed by atoms with Crippen molar-refractivity contribution in [2.75, 3.05) is 33.2 Å². The zero-order valence-electron chi connectivity index (χ0n) is 14.6. The first kappa shape index (κ1) is 17.4. The number of carbonyl (C=O) groups is 1. The fraction of sp³-hybridized carbons (Fsp3) is 0.647. The molecule has 0 unspecified atom stereocenters. The van der Waals surface area contributed by atoms with Crippen molar-refractivity contribution in [2.45, 2.75) is 32.7 Å². The fourth-order valence-corrected chi connectivity index (χ4v) is 2.84. The van der Waals surface area contributed by atoms with Gasteiger partial charge in [0.05, 0.1) is 6.54 Å². The molecule has 1 aliphatic rings. The lowest BCUT2D eigenvalue weighted by atomic mass is 10.4. The van der Waals surface area contributed by atoms with Crippen LogP contribution < -0.4 is 5.32 Å². The molecule has 2 heterocycles. The summed E-state index contributed by atoms with van der Waals surface area (Å²) in [4.78, 5) is 20.4. The molecule has 0 atom stereocenters. The molecule has 0 aromatic carbocycles. The zero-order valence-corrected chi connectivity index (χ0v) is 14.6. The van der Waals surface area contributed by atoms with E-state index in [1.807, 2.05) is 4.90 Å². The van der Waals surface area contributed by atoms with E-state index in [-0.39, 0.29) is 0 Å². The van der Waals surface area contributed by atoms with Crippen molar-refractivity contribution in [3.05, 3.63) is 24.0 Å². The third-order valence-corrected chi connectivity index (χ3v) is 4.17. The molecule has 0 bridgehead atoms. The highest BCUT2D eigenvalue weighted by Crippen LogP contribution is 2.09. The Balaban J connectivity index is 1.83. The van der Waals surface area contributed by atoms with E-state index in [4.69, 9.17) is 4.99 Å². The maximum absolute atomic E-state index is 11.6. The number of hydrogen-bond donors (Lipinski definition) is 1. The van der Waals surface area contributed by atoms with Gasteiger partial charge in [0.1, 0.15) is 0 Å². The summed E-state index contributed by atoms with van der Waals surface area (Å²) in [6.45, 7) is 6.22. The highest BCUT2D eigenvalue weighted by atomic mass is 16.2. The number of amides is 1. The van der Waals surface area contributed by atoms with E-state index in [1.165, 1.54) is 5.69 Å². The van der Waals surface area contributed by atoms with E-state index in [2.05, 4.69) is 54.1 Å². The summed E-state index contributed by atoms with van der Waals surface area (Å²) in [7, 11) is 4.11. The maximum atomic E-state index is 11.6. The second-order valence-electron chi connectivity index (χ2n) is 6.04. The molecule has 23 heavy (non-hydrogen) atoms. The predicted octanol–water partition coefficient (Wildman–Crippen LogP) is 1.43. The van der Waals surface area contributed by atoms with Gasteiger partial charge in [-0.25, -0.2) is 0 Å². The van der Waals surface area contributed by atoms with Gasteiger partial charge in [-0.05, 0) is 31.9 Å². The molecule has 128 valence electrons. The molecule has 1 aliphatic heterocycles. The third kappa shape index (κ3) is 5.01. The first-order valence-corrected chi connectivity index (χ1v) is 8.49. The van der Waals surface area contributed by atoms with Gasteiger partial charge in [-0.15, -0.1) is 0 Å². The number of aryl methyl sites for hydroxylation is 1. The van der Waals surface area contributed by atoms with Gasteiger partial charge < -0.3 is 19.7 Å². The normalized spacial score (nSPS) is 15.3. The van der Waals surface area contributed by atoms with Gasteiger partial charge in [-0.1, -0.05) is 0 Å². The Bertz CT molecular complexity index is 537. The zero-order chi connectivity index (χ0) is 16.7. The molecule has 0 radical (unpaired) electrons. The van der Waals surface area contributed by atoms with E-state index in [1.54, 1.807) is 0 Å². The number of hydrogen-bond acceptors (Lipinski definition) is 2. The molecule has 1 amide bonds. The van der Waals surface area contributed by atoms with Crippen LogP contribution in [0.3, 0.4) is 0 Å². The topological polar surface area (TPSA) is 52.9 Å². The molecule has 6 nitrogen and oxygen atoms in total. The Labute approximate surface area is 139 Å². The molecule has 2 rings (SSSR count). The maximum Gasteiger partial charge on any atom is 0.222 e. The minimum absolute atomic E-state index is 0.293. The lowest BCUT2D eigenvalue weighted by molar-refractivity contribution is -0.127. The number of nitrogens with one attached hydrogen (secondary N) is 1.